The number of para-hydroxylation sites is 1. The summed E-state index contributed by atoms with van der Waals surface area (Å²) < 4.78 is 38.2. The Morgan fingerprint density at radius 3 is 2.46 bits per heavy atom. The van der Waals surface area contributed by atoms with Crippen LogP contribution in [0.2, 0.25) is 5.02 Å². The predicted molar refractivity (Wildman–Crippen MR) is 101 cm³/mol. The normalized spacial score (nSPS) is 12.3. The van der Waals surface area contributed by atoms with Gasteiger partial charge < -0.3 is 5.32 Å². The lowest BCUT2D eigenvalue weighted by atomic mass is 10.2. The van der Waals surface area contributed by atoms with Crippen molar-refractivity contribution < 1.29 is 17.6 Å². The van der Waals surface area contributed by atoms with Crippen molar-refractivity contribution in [1.82, 2.24) is 4.98 Å². The first kappa shape index (κ1) is 18.8. The van der Waals surface area contributed by atoms with E-state index in [0.29, 0.717) is 9.72 Å². The molecule has 9 heteroatoms. The van der Waals surface area contributed by atoms with Gasteiger partial charge in [-0.05, 0) is 50.2 Å². The van der Waals surface area contributed by atoms with E-state index in [9.17, 15) is 17.6 Å². The molecule has 1 amide bonds. The number of nitrogens with zero attached hydrogens (tertiary/aromatic N) is 1. The number of thiazole rings is 1. The highest BCUT2D eigenvalue weighted by Crippen LogP contribution is 2.31. The molecule has 0 aliphatic heterocycles. The van der Waals surface area contributed by atoms with E-state index in [1.54, 1.807) is 6.07 Å². The molecule has 0 bridgehead atoms. The molecule has 1 heterocycles. The summed E-state index contributed by atoms with van der Waals surface area (Å²) in [6.07, 6.45) is 0. The molecule has 2 aromatic carbocycles. The number of aromatic nitrogens is 1. The highest BCUT2D eigenvalue weighted by Gasteiger charge is 2.43. The van der Waals surface area contributed by atoms with Crippen molar-refractivity contribution in [2.45, 2.75) is 23.5 Å². The minimum atomic E-state index is -3.98. The van der Waals surface area contributed by atoms with Crippen LogP contribution < -0.4 is 5.32 Å². The Morgan fingerprint density at radius 2 is 1.85 bits per heavy atom. The van der Waals surface area contributed by atoms with Crippen LogP contribution in [0.5, 0.6) is 0 Å². The van der Waals surface area contributed by atoms with Crippen LogP contribution in [0, 0.1) is 5.82 Å². The Kier molecular flexibility index (Phi) is 4.76. The van der Waals surface area contributed by atoms with Gasteiger partial charge in [-0.1, -0.05) is 29.0 Å². The van der Waals surface area contributed by atoms with Gasteiger partial charge in [-0.2, -0.15) is 0 Å². The number of halogens is 2. The molecule has 1 N–H and O–H groups in total. The summed E-state index contributed by atoms with van der Waals surface area (Å²) in [5.41, 5.74) is 0.131. The fourth-order valence-corrected chi connectivity index (χ4v) is 4.63. The van der Waals surface area contributed by atoms with Crippen LogP contribution in [-0.4, -0.2) is 24.1 Å². The fourth-order valence-electron chi connectivity index (χ4n) is 2.25. The minimum absolute atomic E-state index is 0.0163. The first-order valence-corrected chi connectivity index (χ1v) is 10.2. The van der Waals surface area contributed by atoms with Crippen LogP contribution >= 0.6 is 22.9 Å². The van der Waals surface area contributed by atoms with Crippen LogP contribution in [0.1, 0.15) is 13.8 Å². The maximum absolute atomic E-state index is 13.7. The van der Waals surface area contributed by atoms with Gasteiger partial charge >= 0.3 is 0 Å². The van der Waals surface area contributed by atoms with E-state index in [2.05, 4.69) is 10.3 Å². The van der Waals surface area contributed by atoms with E-state index in [4.69, 9.17) is 11.6 Å². The van der Waals surface area contributed by atoms with Crippen LogP contribution in [0.15, 0.2) is 47.4 Å². The maximum atomic E-state index is 13.7. The average Bonchev–Trinajstić information content (AvgIpc) is 2.99. The number of carbonyl (C=O) groups excluding carboxylic acids is 1. The van der Waals surface area contributed by atoms with Crippen LogP contribution in [-0.2, 0) is 14.6 Å². The lowest BCUT2D eigenvalue weighted by Gasteiger charge is -2.23. The summed E-state index contributed by atoms with van der Waals surface area (Å²) in [5.74, 6) is -1.26. The Morgan fingerprint density at radius 1 is 1.19 bits per heavy atom. The van der Waals surface area contributed by atoms with E-state index >= 15 is 0 Å². The Balaban J connectivity index is 1.91. The Hall–Kier alpha value is -2.03. The van der Waals surface area contributed by atoms with Gasteiger partial charge in [0.2, 0.25) is 5.91 Å². The van der Waals surface area contributed by atoms with Gasteiger partial charge in [0, 0.05) is 5.02 Å². The summed E-state index contributed by atoms with van der Waals surface area (Å²) in [5, 5.41) is 3.01. The molecule has 0 saturated carbocycles. The Labute approximate surface area is 158 Å². The van der Waals surface area contributed by atoms with E-state index in [-0.39, 0.29) is 15.5 Å². The summed E-state index contributed by atoms with van der Waals surface area (Å²) in [6.45, 7) is 2.61. The van der Waals surface area contributed by atoms with E-state index in [1.807, 2.05) is 0 Å². The molecular formula is C17H14ClFN2O3S2. The molecule has 0 unspecified atom stereocenters. The number of hydrogen-bond acceptors (Lipinski definition) is 5. The largest absolute Gasteiger partial charge is 0.301 e. The molecule has 136 valence electrons. The molecule has 1 aromatic heterocycles. The monoisotopic (exact) mass is 412 g/mol. The third-order valence-corrected chi connectivity index (χ3v) is 7.54. The number of fused-ring (bicyclic) bond motifs is 1. The van der Waals surface area contributed by atoms with Gasteiger partial charge in [0.25, 0.3) is 0 Å². The zero-order valence-corrected chi connectivity index (χ0v) is 16.2. The lowest BCUT2D eigenvalue weighted by Crippen LogP contribution is -2.44. The number of rotatable bonds is 4. The second-order valence-corrected chi connectivity index (χ2v) is 9.99. The topological polar surface area (TPSA) is 76.1 Å². The van der Waals surface area contributed by atoms with E-state index in [1.165, 1.54) is 50.2 Å². The summed E-state index contributed by atoms with van der Waals surface area (Å²) in [6, 6.07) is 10.1. The molecule has 0 spiro atoms. The third-order valence-electron chi connectivity index (χ3n) is 3.93. The number of carbonyl (C=O) groups is 1. The molecule has 0 atom stereocenters. The van der Waals surface area contributed by atoms with Crippen LogP contribution in [0.25, 0.3) is 10.2 Å². The van der Waals surface area contributed by atoms with Gasteiger partial charge in [-0.15, -0.1) is 0 Å². The molecule has 0 aliphatic carbocycles. The number of hydrogen-bond donors (Lipinski definition) is 1. The molecule has 26 heavy (non-hydrogen) atoms. The van der Waals surface area contributed by atoms with Crippen molar-refractivity contribution in [3.05, 3.63) is 53.3 Å². The van der Waals surface area contributed by atoms with Crippen molar-refractivity contribution in [3.63, 3.8) is 0 Å². The highest BCUT2D eigenvalue weighted by atomic mass is 35.5. The molecule has 3 rings (SSSR count). The molecule has 5 nitrogen and oxygen atoms in total. The van der Waals surface area contributed by atoms with E-state index in [0.717, 1.165) is 11.3 Å². The Bertz CT molecular complexity index is 1090. The third kappa shape index (κ3) is 3.20. The number of benzene rings is 2. The molecule has 3 aromatic rings. The number of nitrogens with one attached hydrogen (secondary N) is 1. The molecular weight excluding hydrogens is 399 g/mol. The summed E-state index contributed by atoms with van der Waals surface area (Å²) in [7, 11) is -3.98. The molecule has 0 fully saturated rings. The second-order valence-electron chi connectivity index (χ2n) is 6.03. The van der Waals surface area contributed by atoms with Gasteiger partial charge in [-0.3, -0.25) is 4.79 Å². The maximum Gasteiger partial charge on any atom is 0.247 e. The lowest BCUT2D eigenvalue weighted by molar-refractivity contribution is -0.117. The molecule has 0 radical (unpaired) electrons. The summed E-state index contributed by atoms with van der Waals surface area (Å²) >= 11 is 6.85. The van der Waals surface area contributed by atoms with Crippen molar-refractivity contribution in [2.75, 3.05) is 5.32 Å². The van der Waals surface area contributed by atoms with Crippen LogP contribution in [0.3, 0.4) is 0 Å². The van der Waals surface area contributed by atoms with Gasteiger partial charge in [0.05, 0.1) is 9.60 Å². The first-order valence-electron chi connectivity index (χ1n) is 7.49. The zero-order valence-electron chi connectivity index (χ0n) is 13.8. The van der Waals surface area contributed by atoms with Crippen LogP contribution in [0.4, 0.5) is 9.52 Å². The highest BCUT2D eigenvalue weighted by molar-refractivity contribution is 7.93. The quantitative estimate of drug-likeness (QED) is 0.693. The zero-order chi connectivity index (χ0) is 19.1. The van der Waals surface area contributed by atoms with E-state index < -0.39 is 26.3 Å². The minimum Gasteiger partial charge on any atom is -0.301 e. The predicted octanol–water partition coefficient (Wildman–Crippen LogP) is 4.28. The van der Waals surface area contributed by atoms with Gasteiger partial charge in [0.1, 0.15) is 16.1 Å². The first-order chi connectivity index (χ1) is 12.1. The fraction of sp³-hybridized carbons (Fsp3) is 0.176. The van der Waals surface area contributed by atoms with Gasteiger partial charge in [-0.25, -0.2) is 17.8 Å². The smallest absolute Gasteiger partial charge is 0.247 e. The van der Waals surface area contributed by atoms with Crippen molar-refractivity contribution in [2.24, 2.45) is 0 Å². The molecule has 0 aliphatic rings. The SMILES string of the molecule is CC(C)(C(=O)Nc1nc2c(F)cccc2s1)S(=O)(=O)c1ccc(Cl)cc1. The number of sulfone groups is 1. The van der Waals surface area contributed by atoms with Crippen molar-refractivity contribution >= 4 is 54.0 Å². The van der Waals surface area contributed by atoms with Crippen molar-refractivity contribution in [3.8, 4) is 0 Å². The standard InChI is InChI=1S/C17H14ClFN2O3S2/c1-17(2,26(23,24)11-8-6-10(18)7-9-11)15(22)21-16-20-14-12(19)4-3-5-13(14)25-16/h3-9H,1-2H3,(H,20,21,22). The number of amides is 1. The van der Waals surface area contributed by atoms with Crippen molar-refractivity contribution in [1.29, 1.82) is 0 Å². The molecule has 0 saturated heterocycles. The average molecular weight is 413 g/mol. The second kappa shape index (κ2) is 6.61. The summed E-state index contributed by atoms with van der Waals surface area (Å²) in [4.78, 5) is 16.7. The van der Waals surface area contributed by atoms with Gasteiger partial charge in [0.15, 0.2) is 15.0 Å². The number of anilines is 1.